The van der Waals surface area contributed by atoms with Crippen LogP contribution in [0.2, 0.25) is 0 Å². The summed E-state index contributed by atoms with van der Waals surface area (Å²) in [6.45, 7) is 0. The van der Waals surface area contributed by atoms with Gasteiger partial charge >= 0.3 is 0 Å². The highest BCUT2D eigenvalue weighted by Gasteiger charge is 2.14. The van der Waals surface area contributed by atoms with Crippen molar-refractivity contribution in [2.45, 2.75) is 0 Å². The molecule has 0 atom stereocenters. The van der Waals surface area contributed by atoms with Gasteiger partial charge in [-0.15, -0.1) is 0 Å². The smallest absolute Gasteiger partial charge is 0.196 e. The number of benzene rings is 2. The van der Waals surface area contributed by atoms with E-state index in [4.69, 9.17) is 4.74 Å². The Balaban J connectivity index is 2.34. The second-order valence-electron chi connectivity index (χ2n) is 3.69. The molecule has 0 radical (unpaired) electrons. The standard InChI is InChI=1S/C13H9F4NO/c1-19-7-2-4-10(9(15)6-7)18-11-5-3-8(14)12(16)13(11)17/h2-6,18H,1H3. The first kappa shape index (κ1) is 13.2. The number of anilines is 2. The van der Waals surface area contributed by atoms with E-state index >= 15 is 0 Å². The first-order valence-electron chi connectivity index (χ1n) is 5.27. The van der Waals surface area contributed by atoms with Crippen molar-refractivity contribution < 1.29 is 22.3 Å². The largest absolute Gasteiger partial charge is 0.497 e. The normalized spacial score (nSPS) is 10.4. The quantitative estimate of drug-likeness (QED) is 0.673. The summed E-state index contributed by atoms with van der Waals surface area (Å²) in [5, 5.41) is 2.35. The molecule has 0 fully saturated rings. The van der Waals surface area contributed by atoms with Crippen LogP contribution in [-0.4, -0.2) is 7.11 Å². The molecule has 0 aromatic heterocycles. The summed E-state index contributed by atoms with van der Waals surface area (Å²) in [6.07, 6.45) is 0. The molecule has 0 bridgehead atoms. The molecule has 2 nitrogen and oxygen atoms in total. The molecule has 0 saturated carbocycles. The van der Waals surface area contributed by atoms with Crippen molar-refractivity contribution in [3.63, 3.8) is 0 Å². The van der Waals surface area contributed by atoms with Crippen LogP contribution >= 0.6 is 0 Å². The van der Waals surface area contributed by atoms with Gasteiger partial charge in [0, 0.05) is 6.07 Å². The second kappa shape index (κ2) is 5.17. The summed E-state index contributed by atoms with van der Waals surface area (Å²) in [4.78, 5) is 0. The van der Waals surface area contributed by atoms with Gasteiger partial charge in [0.05, 0.1) is 18.5 Å². The minimum absolute atomic E-state index is 0.0780. The maximum absolute atomic E-state index is 13.6. The molecule has 19 heavy (non-hydrogen) atoms. The highest BCUT2D eigenvalue weighted by atomic mass is 19.2. The van der Waals surface area contributed by atoms with E-state index < -0.39 is 23.3 Å². The van der Waals surface area contributed by atoms with Crippen LogP contribution in [-0.2, 0) is 0 Å². The van der Waals surface area contributed by atoms with Gasteiger partial charge in [0.25, 0.3) is 0 Å². The Labute approximate surface area is 106 Å². The number of hydrogen-bond acceptors (Lipinski definition) is 2. The van der Waals surface area contributed by atoms with Gasteiger partial charge in [0.15, 0.2) is 17.5 Å². The number of rotatable bonds is 3. The van der Waals surface area contributed by atoms with Crippen molar-refractivity contribution in [3.05, 3.63) is 53.6 Å². The lowest BCUT2D eigenvalue weighted by molar-refractivity contribution is 0.411. The monoisotopic (exact) mass is 271 g/mol. The highest BCUT2D eigenvalue weighted by Crippen LogP contribution is 2.27. The van der Waals surface area contributed by atoms with Crippen molar-refractivity contribution in [1.82, 2.24) is 0 Å². The Morgan fingerprint density at radius 1 is 0.842 bits per heavy atom. The molecule has 6 heteroatoms. The zero-order valence-corrected chi connectivity index (χ0v) is 9.81. The van der Waals surface area contributed by atoms with Crippen molar-refractivity contribution in [1.29, 1.82) is 0 Å². The van der Waals surface area contributed by atoms with Crippen LogP contribution in [0.5, 0.6) is 5.75 Å². The summed E-state index contributed by atoms with van der Waals surface area (Å²) in [5.41, 5.74) is -0.436. The fourth-order valence-electron chi connectivity index (χ4n) is 1.49. The van der Waals surface area contributed by atoms with Crippen molar-refractivity contribution in [2.24, 2.45) is 0 Å². The van der Waals surface area contributed by atoms with E-state index in [0.29, 0.717) is 0 Å². The fourth-order valence-corrected chi connectivity index (χ4v) is 1.49. The molecule has 2 aromatic rings. The number of methoxy groups -OCH3 is 1. The molecule has 0 aliphatic rings. The van der Waals surface area contributed by atoms with Crippen LogP contribution < -0.4 is 10.1 Å². The molecule has 0 spiro atoms. The summed E-state index contributed by atoms with van der Waals surface area (Å²) in [7, 11) is 1.37. The van der Waals surface area contributed by atoms with E-state index in [1.165, 1.54) is 19.2 Å². The van der Waals surface area contributed by atoms with E-state index in [1.54, 1.807) is 0 Å². The van der Waals surface area contributed by atoms with E-state index in [9.17, 15) is 17.6 Å². The predicted octanol–water partition coefficient (Wildman–Crippen LogP) is 4.00. The molecule has 2 aromatic carbocycles. The van der Waals surface area contributed by atoms with E-state index in [0.717, 1.165) is 18.2 Å². The second-order valence-corrected chi connectivity index (χ2v) is 3.69. The average molecular weight is 271 g/mol. The molecule has 1 N–H and O–H groups in total. The molecular formula is C13H9F4NO. The van der Waals surface area contributed by atoms with E-state index in [2.05, 4.69) is 5.32 Å². The Morgan fingerprint density at radius 3 is 2.16 bits per heavy atom. The third-order valence-corrected chi connectivity index (χ3v) is 2.48. The van der Waals surface area contributed by atoms with E-state index in [1.807, 2.05) is 0 Å². The first-order valence-corrected chi connectivity index (χ1v) is 5.27. The van der Waals surface area contributed by atoms with Crippen molar-refractivity contribution in [3.8, 4) is 5.75 Å². The molecule has 0 saturated heterocycles. The van der Waals surface area contributed by atoms with Gasteiger partial charge in [0.1, 0.15) is 11.6 Å². The van der Waals surface area contributed by atoms with Gasteiger partial charge in [-0.25, -0.2) is 17.6 Å². The van der Waals surface area contributed by atoms with Crippen LogP contribution in [0, 0.1) is 23.3 Å². The maximum Gasteiger partial charge on any atom is 0.196 e. The van der Waals surface area contributed by atoms with Gasteiger partial charge in [-0.1, -0.05) is 0 Å². The summed E-state index contributed by atoms with van der Waals surface area (Å²) < 4.78 is 57.6. The predicted molar refractivity (Wildman–Crippen MR) is 62.6 cm³/mol. The van der Waals surface area contributed by atoms with Gasteiger partial charge in [0.2, 0.25) is 0 Å². The van der Waals surface area contributed by atoms with Gasteiger partial charge in [-0.05, 0) is 24.3 Å². The minimum atomic E-state index is -1.61. The van der Waals surface area contributed by atoms with Gasteiger partial charge in [-0.3, -0.25) is 0 Å². The maximum atomic E-state index is 13.6. The van der Waals surface area contributed by atoms with E-state index in [-0.39, 0.29) is 17.1 Å². The highest BCUT2D eigenvalue weighted by molar-refractivity contribution is 5.61. The lowest BCUT2D eigenvalue weighted by Crippen LogP contribution is -2.00. The summed E-state index contributed by atoms with van der Waals surface area (Å²) in [5.74, 6) is -4.75. The van der Waals surface area contributed by atoms with Crippen LogP contribution in [0.3, 0.4) is 0 Å². The van der Waals surface area contributed by atoms with Crippen molar-refractivity contribution in [2.75, 3.05) is 12.4 Å². The number of hydrogen-bond donors (Lipinski definition) is 1. The van der Waals surface area contributed by atoms with Gasteiger partial charge in [-0.2, -0.15) is 0 Å². The Bertz CT molecular complexity index is 616. The topological polar surface area (TPSA) is 21.3 Å². The van der Waals surface area contributed by atoms with Gasteiger partial charge < -0.3 is 10.1 Å². The average Bonchev–Trinajstić information content (AvgIpc) is 2.41. The van der Waals surface area contributed by atoms with Crippen LogP contribution in [0.15, 0.2) is 30.3 Å². The number of nitrogens with one attached hydrogen (secondary N) is 1. The Kier molecular flexibility index (Phi) is 3.59. The lowest BCUT2D eigenvalue weighted by Gasteiger charge is -2.10. The number of halogens is 4. The molecule has 0 amide bonds. The minimum Gasteiger partial charge on any atom is -0.497 e. The summed E-state index contributed by atoms with van der Waals surface area (Å²) >= 11 is 0. The SMILES string of the molecule is COc1ccc(Nc2ccc(F)c(F)c2F)c(F)c1. The lowest BCUT2D eigenvalue weighted by atomic mass is 10.2. The van der Waals surface area contributed by atoms with Crippen molar-refractivity contribution >= 4 is 11.4 Å². The van der Waals surface area contributed by atoms with Crippen LogP contribution in [0.1, 0.15) is 0 Å². The Hall–Kier alpha value is -2.24. The zero-order chi connectivity index (χ0) is 14.0. The Morgan fingerprint density at radius 2 is 1.53 bits per heavy atom. The fraction of sp³-hybridized carbons (Fsp3) is 0.0769. The molecule has 2 rings (SSSR count). The van der Waals surface area contributed by atoms with Crippen LogP contribution in [0.25, 0.3) is 0 Å². The molecule has 0 aliphatic carbocycles. The molecule has 0 aliphatic heterocycles. The third-order valence-electron chi connectivity index (χ3n) is 2.48. The molecule has 0 unspecified atom stereocenters. The zero-order valence-electron chi connectivity index (χ0n) is 9.81. The van der Waals surface area contributed by atoms with Crippen LogP contribution in [0.4, 0.5) is 28.9 Å². The third kappa shape index (κ3) is 2.62. The molecule has 100 valence electrons. The number of ether oxygens (including phenoxy) is 1. The molecule has 0 heterocycles. The summed E-state index contributed by atoms with van der Waals surface area (Å²) in [6, 6.07) is 5.57. The molecular weight excluding hydrogens is 262 g/mol. The first-order chi connectivity index (χ1) is 9.02.